The highest BCUT2D eigenvalue weighted by atomic mass is 19.4. The minimum absolute atomic E-state index is 0.461. The zero-order valence-corrected chi connectivity index (χ0v) is 10.5. The maximum absolute atomic E-state index is 12.5. The van der Waals surface area contributed by atoms with Crippen LogP contribution in [0, 0.1) is 5.92 Å². The highest BCUT2D eigenvalue weighted by molar-refractivity contribution is 5.73. The Kier molecular flexibility index (Phi) is 4.63. The molecule has 0 aromatic heterocycles. The largest absolute Gasteiger partial charge is 0.481 e. The van der Waals surface area contributed by atoms with Gasteiger partial charge in [0.1, 0.15) is 0 Å². The Morgan fingerprint density at radius 3 is 2.42 bits per heavy atom. The van der Waals surface area contributed by atoms with E-state index in [1.165, 1.54) is 0 Å². The van der Waals surface area contributed by atoms with Crippen LogP contribution in [0.15, 0.2) is 24.3 Å². The average Bonchev–Trinajstić information content (AvgIpc) is 2.27. The predicted octanol–water partition coefficient (Wildman–Crippen LogP) is 2.43. The first-order valence-electron chi connectivity index (χ1n) is 5.53. The first-order valence-corrected chi connectivity index (χ1v) is 5.53. The van der Waals surface area contributed by atoms with Crippen LogP contribution in [-0.4, -0.2) is 37.9 Å². The molecule has 0 fully saturated rings. The molecule has 1 unspecified atom stereocenters. The van der Waals surface area contributed by atoms with Crippen molar-refractivity contribution in [3.05, 3.63) is 24.3 Å². The van der Waals surface area contributed by atoms with E-state index in [9.17, 15) is 18.0 Å². The van der Waals surface area contributed by atoms with Crippen LogP contribution in [0.1, 0.15) is 0 Å². The van der Waals surface area contributed by atoms with E-state index in [0.717, 1.165) is 0 Å². The minimum atomic E-state index is -4.77. The van der Waals surface area contributed by atoms with Crippen LogP contribution < -0.4 is 10.2 Å². The Morgan fingerprint density at radius 2 is 1.95 bits per heavy atom. The molecule has 0 amide bonds. The molecule has 7 heteroatoms. The number of hydrogen-bond donors (Lipinski definition) is 2. The van der Waals surface area contributed by atoms with Crippen molar-refractivity contribution >= 4 is 17.3 Å². The van der Waals surface area contributed by atoms with Crippen molar-refractivity contribution in [2.45, 2.75) is 6.18 Å². The third-order valence-corrected chi connectivity index (χ3v) is 2.58. The van der Waals surface area contributed by atoms with Crippen LogP contribution in [0.2, 0.25) is 0 Å². The maximum Gasteiger partial charge on any atom is 0.403 e. The molecule has 0 aliphatic rings. The summed E-state index contributed by atoms with van der Waals surface area (Å²) < 4.78 is 37.5. The van der Waals surface area contributed by atoms with Crippen LogP contribution >= 0.6 is 0 Å². The molecule has 1 atom stereocenters. The number of alkyl halides is 3. The van der Waals surface area contributed by atoms with Gasteiger partial charge in [0.2, 0.25) is 0 Å². The molecule has 2 N–H and O–H groups in total. The second kappa shape index (κ2) is 5.81. The Labute approximate surface area is 108 Å². The summed E-state index contributed by atoms with van der Waals surface area (Å²) in [5.41, 5.74) is 1.15. The van der Waals surface area contributed by atoms with Gasteiger partial charge in [-0.1, -0.05) is 12.1 Å². The highest BCUT2D eigenvalue weighted by Crippen LogP contribution is 2.29. The second-order valence-electron chi connectivity index (χ2n) is 4.22. The quantitative estimate of drug-likeness (QED) is 0.867. The number of anilines is 2. The molecule has 106 valence electrons. The molecule has 0 saturated carbocycles. The molecule has 1 rings (SSSR count). The van der Waals surface area contributed by atoms with Gasteiger partial charge in [-0.2, -0.15) is 13.2 Å². The van der Waals surface area contributed by atoms with Gasteiger partial charge < -0.3 is 15.3 Å². The molecule has 0 aliphatic carbocycles. The van der Waals surface area contributed by atoms with Crippen LogP contribution in [0.3, 0.4) is 0 Å². The number of aliphatic carboxylic acids is 1. The molecule has 1 aromatic rings. The first kappa shape index (κ1) is 15.1. The highest BCUT2D eigenvalue weighted by Gasteiger charge is 2.44. The van der Waals surface area contributed by atoms with Crippen molar-refractivity contribution in [2.75, 3.05) is 30.9 Å². The number of carbonyl (C=O) groups is 1. The predicted molar refractivity (Wildman–Crippen MR) is 66.4 cm³/mol. The molecule has 0 bridgehead atoms. The van der Waals surface area contributed by atoms with Gasteiger partial charge in [0, 0.05) is 20.6 Å². The number of halogens is 3. The Bertz CT molecular complexity index is 447. The average molecular weight is 276 g/mol. The smallest absolute Gasteiger partial charge is 0.403 e. The van der Waals surface area contributed by atoms with E-state index in [1.807, 2.05) is 0 Å². The molecule has 19 heavy (non-hydrogen) atoms. The van der Waals surface area contributed by atoms with Crippen molar-refractivity contribution < 1.29 is 23.1 Å². The summed E-state index contributed by atoms with van der Waals surface area (Å²) in [4.78, 5) is 12.3. The van der Waals surface area contributed by atoms with Gasteiger partial charge >= 0.3 is 12.1 Å². The maximum atomic E-state index is 12.5. The standard InChI is InChI=1S/C12H15F3N2O2/c1-17(2)10-6-4-3-5-9(10)16-7-8(11(18)19)12(13,14)15/h3-6,8,16H,7H2,1-2H3,(H,18,19). The monoisotopic (exact) mass is 276 g/mol. The van der Waals surface area contributed by atoms with Gasteiger partial charge in [-0.05, 0) is 12.1 Å². The normalized spacial score (nSPS) is 12.9. The van der Waals surface area contributed by atoms with Gasteiger partial charge in [0.15, 0.2) is 5.92 Å². The van der Waals surface area contributed by atoms with Crippen LogP contribution in [-0.2, 0) is 4.79 Å². The van der Waals surface area contributed by atoms with Crippen LogP contribution in [0.25, 0.3) is 0 Å². The van der Waals surface area contributed by atoms with E-state index in [-0.39, 0.29) is 0 Å². The third kappa shape index (κ3) is 4.04. The lowest BCUT2D eigenvalue weighted by molar-refractivity contribution is -0.190. The minimum Gasteiger partial charge on any atom is -0.481 e. The topological polar surface area (TPSA) is 52.6 Å². The fraction of sp³-hybridized carbons (Fsp3) is 0.417. The molecular weight excluding hydrogens is 261 g/mol. The first-order chi connectivity index (χ1) is 8.73. The number of carboxylic acids is 1. The summed E-state index contributed by atoms with van der Waals surface area (Å²) in [6, 6.07) is 6.74. The van der Waals surface area contributed by atoms with Crippen molar-refractivity contribution in [1.29, 1.82) is 0 Å². The fourth-order valence-corrected chi connectivity index (χ4v) is 1.57. The molecular formula is C12H15F3N2O2. The summed E-state index contributed by atoms with van der Waals surface area (Å²) in [6.07, 6.45) is -4.77. The molecule has 1 aromatic carbocycles. The Balaban J connectivity index is 2.84. The molecule has 0 spiro atoms. The number of nitrogens with one attached hydrogen (secondary N) is 1. The zero-order valence-electron chi connectivity index (χ0n) is 10.5. The second-order valence-corrected chi connectivity index (χ2v) is 4.22. The summed E-state index contributed by atoms with van der Waals surface area (Å²) in [6.45, 7) is -0.705. The lowest BCUT2D eigenvalue weighted by Gasteiger charge is -2.21. The van der Waals surface area contributed by atoms with Gasteiger partial charge in [0.25, 0.3) is 0 Å². The summed E-state index contributed by atoms with van der Waals surface area (Å²) in [5, 5.41) is 11.1. The summed E-state index contributed by atoms with van der Waals surface area (Å²) >= 11 is 0. The van der Waals surface area contributed by atoms with Crippen molar-refractivity contribution in [1.82, 2.24) is 0 Å². The van der Waals surface area contributed by atoms with E-state index < -0.39 is 24.6 Å². The van der Waals surface area contributed by atoms with Gasteiger partial charge in [-0.25, -0.2) is 0 Å². The lowest BCUT2D eigenvalue weighted by atomic mass is 10.1. The molecule has 0 heterocycles. The zero-order chi connectivity index (χ0) is 14.6. The van der Waals surface area contributed by atoms with Crippen LogP contribution in [0.4, 0.5) is 24.5 Å². The Morgan fingerprint density at radius 1 is 1.37 bits per heavy atom. The number of para-hydroxylation sites is 2. The van der Waals surface area contributed by atoms with E-state index in [1.54, 1.807) is 43.3 Å². The number of benzene rings is 1. The molecule has 0 aliphatic heterocycles. The van der Waals surface area contributed by atoms with Crippen LogP contribution in [0.5, 0.6) is 0 Å². The fourth-order valence-electron chi connectivity index (χ4n) is 1.57. The van der Waals surface area contributed by atoms with Crippen molar-refractivity contribution in [3.8, 4) is 0 Å². The van der Waals surface area contributed by atoms with Crippen molar-refractivity contribution in [2.24, 2.45) is 5.92 Å². The third-order valence-electron chi connectivity index (χ3n) is 2.58. The van der Waals surface area contributed by atoms with Gasteiger partial charge in [-0.15, -0.1) is 0 Å². The van der Waals surface area contributed by atoms with Gasteiger partial charge in [-0.3, -0.25) is 4.79 Å². The SMILES string of the molecule is CN(C)c1ccccc1NCC(C(=O)O)C(F)(F)F. The van der Waals surface area contributed by atoms with E-state index in [0.29, 0.717) is 11.4 Å². The lowest BCUT2D eigenvalue weighted by Crippen LogP contribution is -2.36. The molecule has 4 nitrogen and oxygen atoms in total. The van der Waals surface area contributed by atoms with E-state index >= 15 is 0 Å². The molecule has 0 radical (unpaired) electrons. The number of hydrogen-bond acceptors (Lipinski definition) is 3. The van der Waals surface area contributed by atoms with E-state index in [4.69, 9.17) is 5.11 Å². The van der Waals surface area contributed by atoms with E-state index in [2.05, 4.69) is 5.32 Å². The molecule has 0 saturated heterocycles. The summed E-state index contributed by atoms with van der Waals surface area (Å²) in [7, 11) is 3.50. The van der Waals surface area contributed by atoms with Crippen molar-refractivity contribution in [3.63, 3.8) is 0 Å². The number of rotatable bonds is 5. The van der Waals surface area contributed by atoms with Gasteiger partial charge in [0.05, 0.1) is 11.4 Å². The number of nitrogens with zero attached hydrogens (tertiary/aromatic N) is 1. The Hall–Kier alpha value is -1.92. The number of carboxylic acid groups (broad SMARTS) is 1. The summed E-state index contributed by atoms with van der Waals surface area (Å²) in [5.74, 6) is -4.31.